The van der Waals surface area contributed by atoms with Gasteiger partial charge in [-0.15, -0.1) is 0 Å². The van der Waals surface area contributed by atoms with E-state index in [1.165, 1.54) is 23.3 Å². The quantitative estimate of drug-likeness (QED) is 0.738. The number of hydrogen-bond donors (Lipinski definition) is 2. The first-order valence-electron chi connectivity index (χ1n) is 7.34. The van der Waals surface area contributed by atoms with Crippen LogP contribution in [0, 0.1) is 12.7 Å². The second-order valence-electron chi connectivity index (χ2n) is 5.24. The maximum absolute atomic E-state index is 12.9. The van der Waals surface area contributed by atoms with Gasteiger partial charge in [0.15, 0.2) is 0 Å². The predicted molar refractivity (Wildman–Crippen MR) is 90.2 cm³/mol. The van der Waals surface area contributed by atoms with Gasteiger partial charge in [-0.3, -0.25) is 0 Å². The molecule has 3 rings (SSSR count). The number of halogens is 1. The summed E-state index contributed by atoms with van der Waals surface area (Å²) in [6.07, 6.45) is 1.68. The maximum atomic E-state index is 12.9. The van der Waals surface area contributed by atoms with Crippen LogP contribution in [0.25, 0.3) is 0 Å². The van der Waals surface area contributed by atoms with Crippen LogP contribution in [0.15, 0.2) is 60.8 Å². The third-order valence-electron chi connectivity index (χ3n) is 3.31. The number of hydrogen-bond acceptors (Lipinski definition) is 4. The van der Waals surface area contributed by atoms with Crippen molar-refractivity contribution in [1.82, 2.24) is 9.97 Å². The lowest BCUT2D eigenvalue weighted by atomic mass is 10.1. The topological polar surface area (TPSA) is 49.8 Å². The first-order chi connectivity index (χ1) is 11.2. The first-order valence-corrected chi connectivity index (χ1v) is 7.34. The minimum absolute atomic E-state index is 0.273. The van der Waals surface area contributed by atoms with Gasteiger partial charge in [-0.2, -0.15) is 4.98 Å². The van der Waals surface area contributed by atoms with E-state index in [0.717, 1.165) is 11.5 Å². The number of benzene rings is 2. The normalized spacial score (nSPS) is 10.3. The molecule has 0 aliphatic heterocycles. The smallest absolute Gasteiger partial charge is 0.229 e. The van der Waals surface area contributed by atoms with Crippen LogP contribution in [0.5, 0.6) is 0 Å². The molecule has 1 aromatic heterocycles. The number of nitrogens with one attached hydrogen (secondary N) is 2. The van der Waals surface area contributed by atoms with Gasteiger partial charge in [0.1, 0.15) is 11.6 Å². The molecule has 0 saturated heterocycles. The Morgan fingerprint density at radius 2 is 1.87 bits per heavy atom. The van der Waals surface area contributed by atoms with Gasteiger partial charge in [0.2, 0.25) is 5.95 Å². The average molecular weight is 308 g/mol. The Labute approximate surface area is 134 Å². The van der Waals surface area contributed by atoms with E-state index < -0.39 is 0 Å². The van der Waals surface area contributed by atoms with Crippen LogP contribution in [-0.2, 0) is 6.54 Å². The number of nitrogens with zero attached hydrogens (tertiary/aromatic N) is 2. The number of anilines is 3. The van der Waals surface area contributed by atoms with Crippen molar-refractivity contribution in [2.45, 2.75) is 13.5 Å². The highest BCUT2D eigenvalue weighted by Gasteiger charge is 2.01. The summed E-state index contributed by atoms with van der Waals surface area (Å²) in [5, 5.41) is 6.32. The van der Waals surface area contributed by atoms with Gasteiger partial charge in [0.25, 0.3) is 0 Å². The Balaban J connectivity index is 1.66. The first kappa shape index (κ1) is 15.0. The molecule has 0 aliphatic carbocycles. The monoisotopic (exact) mass is 308 g/mol. The molecule has 0 radical (unpaired) electrons. The highest BCUT2D eigenvalue weighted by atomic mass is 19.1. The molecule has 5 heteroatoms. The lowest BCUT2D eigenvalue weighted by Gasteiger charge is -2.09. The molecule has 0 saturated carbocycles. The van der Waals surface area contributed by atoms with Gasteiger partial charge >= 0.3 is 0 Å². The fourth-order valence-electron chi connectivity index (χ4n) is 2.19. The predicted octanol–water partition coefficient (Wildman–Crippen LogP) is 4.28. The van der Waals surface area contributed by atoms with Crippen LogP contribution >= 0.6 is 0 Å². The van der Waals surface area contributed by atoms with Crippen molar-refractivity contribution in [3.8, 4) is 0 Å². The molecule has 0 aliphatic rings. The van der Waals surface area contributed by atoms with E-state index in [1.807, 2.05) is 12.1 Å². The average Bonchev–Trinajstić information content (AvgIpc) is 2.56. The van der Waals surface area contributed by atoms with Crippen LogP contribution in [0.2, 0.25) is 0 Å². The maximum Gasteiger partial charge on any atom is 0.229 e. The van der Waals surface area contributed by atoms with Gasteiger partial charge in [-0.05, 0) is 42.8 Å². The van der Waals surface area contributed by atoms with Crippen LogP contribution in [0.3, 0.4) is 0 Å². The van der Waals surface area contributed by atoms with E-state index in [2.05, 4.69) is 45.7 Å². The Morgan fingerprint density at radius 3 is 2.65 bits per heavy atom. The highest BCUT2D eigenvalue weighted by molar-refractivity contribution is 5.54. The number of rotatable bonds is 5. The molecule has 1 heterocycles. The van der Waals surface area contributed by atoms with Gasteiger partial charge in [0.05, 0.1) is 0 Å². The largest absolute Gasteiger partial charge is 0.366 e. The van der Waals surface area contributed by atoms with Gasteiger partial charge in [-0.25, -0.2) is 9.37 Å². The van der Waals surface area contributed by atoms with Crippen molar-refractivity contribution in [2.24, 2.45) is 0 Å². The third-order valence-corrected chi connectivity index (χ3v) is 3.31. The summed E-state index contributed by atoms with van der Waals surface area (Å²) in [5.74, 6) is 0.919. The van der Waals surface area contributed by atoms with E-state index in [9.17, 15) is 4.39 Å². The standard InChI is InChI=1S/C18H17FN4/c1-13-3-2-4-14(11-13)12-21-17-9-10-20-18(23-17)22-16-7-5-15(19)6-8-16/h2-11H,12H2,1H3,(H2,20,21,22,23). The Bertz CT molecular complexity index is 787. The minimum atomic E-state index is -0.273. The lowest BCUT2D eigenvalue weighted by molar-refractivity contribution is 0.628. The second kappa shape index (κ2) is 6.87. The molecule has 116 valence electrons. The molecular weight excluding hydrogens is 291 g/mol. The molecule has 0 unspecified atom stereocenters. The van der Waals surface area contributed by atoms with E-state index in [-0.39, 0.29) is 5.82 Å². The summed E-state index contributed by atoms with van der Waals surface area (Å²) in [5.41, 5.74) is 3.16. The summed E-state index contributed by atoms with van der Waals surface area (Å²) >= 11 is 0. The van der Waals surface area contributed by atoms with Gasteiger partial charge in [0, 0.05) is 18.4 Å². The molecule has 0 amide bonds. The Morgan fingerprint density at radius 1 is 1.04 bits per heavy atom. The number of aromatic nitrogens is 2. The van der Waals surface area contributed by atoms with Crippen molar-refractivity contribution in [2.75, 3.05) is 10.6 Å². The van der Waals surface area contributed by atoms with Crippen LogP contribution in [-0.4, -0.2) is 9.97 Å². The minimum Gasteiger partial charge on any atom is -0.366 e. The van der Waals surface area contributed by atoms with Crippen molar-refractivity contribution < 1.29 is 4.39 Å². The van der Waals surface area contributed by atoms with E-state index >= 15 is 0 Å². The van der Waals surface area contributed by atoms with Crippen LogP contribution in [0.4, 0.5) is 21.8 Å². The fourth-order valence-corrected chi connectivity index (χ4v) is 2.19. The van der Waals surface area contributed by atoms with Crippen molar-refractivity contribution in [3.63, 3.8) is 0 Å². The summed E-state index contributed by atoms with van der Waals surface area (Å²) in [4.78, 5) is 8.57. The highest BCUT2D eigenvalue weighted by Crippen LogP contribution is 2.15. The van der Waals surface area contributed by atoms with E-state index in [0.29, 0.717) is 12.5 Å². The second-order valence-corrected chi connectivity index (χ2v) is 5.24. The molecule has 23 heavy (non-hydrogen) atoms. The van der Waals surface area contributed by atoms with Crippen molar-refractivity contribution in [3.05, 3.63) is 77.7 Å². The molecule has 0 spiro atoms. The zero-order chi connectivity index (χ0) is 16.1. The molecule has 0 bridgehead atoms. The van der Waals surface area contributed by atoms with E-state index in [4.69, 9.17) is 0 Å². The summed E-state index contributed by atoms with van der Waals surface area (Å²) < 4.78 is 12.9. The summed E-state index contributed by atoms with van der Waals surface area (Å²) in [6.45, 7) is 2.76. The zero-order valence-corrected chi connectivity index (χ0v) is 12.8. The molecule has 3 aromatic rings. The van der Waals surface area contributed by atoms with Crippen LogP contribution < -0.4 is 10.6 Å². The Hall–Kier alpha value is -2.95. The molecule has 0 fully saturated rings. The molecule has 0 atom stereocenters. The van der Waals surface area contributed by atoms with Gasteiger partial charge < -0.3 is 10.6 Å². The van der Waals surface area contributed by atoms with Gasteiger partial charge in [-0.1, -0.05) is 29.8 Å². The van der Waals surface area contributed by atoms with E-state index in [1.54, 1.807) is 18.3 Å². The Kier molecular flexibility index (Phi) is 4.47. The molecular formula is C18H17FN4. The van der Waals surface area contributed by atoms with Crippen molar-refractivity contribution >= 4 is 17.5 Å². The SMILES string of the molecule is Cc1cccc(CNc2ccnc(Nc3ccc(F)cc3)n2)c1. The fraction of sp³-hybridized carbons (Fsp3) is 0.111. The van der Waals surface area contributed by atoms with Crippen molar-refractivity contribution in [1.29, 1.82) is 0 Å². The third kappa shape index (κ3) is 4.26. The lowest BCUT2D eigenvalue weighted by Crippen LogP contribution is -2.04. The summed E-state index contributed by atoms with van der Waals surface area (Å²) in [7, 11) is 0. The summed E-state index contributed by atoms with van der Waals surface area (Å²) in [6, 6.07) is 16.2. The number of aryl methyl sites for hydroxylation is 1. The van der Waals surface area contributed by atoms with Crippen LogP contribution in [0.1, 0.15) is 11.1 Å². The molecule has 4 nitrogen and oxygen atoms in total. The zero-order valence-electron chi connectivity index (χ0n) is 12.8. The molecule has 2 N–H and O–H groups in total. The molecule has 2 aromatic carbocycles.